The number of carbonyl (C=O) groups excluding carboxylic acids is 1. The third kappa shape index (κ3) is 15.8. The Morgan fingerprint density at radius 1 is 0.467 bits per heavy atom. The quantitative estimate of drug-likeness (QED) is 0.0361. The number of esters is 1. The summed E-state index contributed by atoms with van der Waals surface area (Å²) >= 11 is 49.4. The van der Waals surface area contributed by atoms with Crippen molar-refractivity contribution in [3.05, 3.63) is 198 Å². The predicted octanol–water partition coefficient (Wildman–Crippen LogP) is 10.4. The fourth-order valence-electron chi connectivity index (χ4n) is 8.64. The topological polar surface area (TPSA) is 366 Å². The first-order chi connectivity index (χ1) is 43.8. The molecule has 28 nitrogen and oxygen atoms in total. The van der Waals surface area contributed by atoms with Crippen molar-refractivity contribution in [1.29, 1.82) is 0 Å². The molecule has 0 aliphatic carbocycles. The van der Waals surface area contributed by atoms with Gasteiger partial charge in [-0.15, -0.1) is 0 Å². The molecule has 8 heterocycles. The Morgan fingerprint density at radius 3 is 1.16 bits per heavy atom. The number of hydrogen-bond acceptors (Lipinski definition) is 19. The van der Waals surface area contributed by atoms with Gasteiger partial charge < -0.3 is 31.1 Å². The number of carboxylic acids is 1. The van der Waals surface area contributed by atoms with Gasteiger partial charge in [0.25, 0.3) is 22.2 Å². The van der Waals surface area contributed by atoms with Crippen LogP contribution < -0.4 is 43.5 Å². The van der Waals surface area contributed by atoms with Gasteiger partial charge in [-0.3, -0.25) is 57.8 Å². The van der Waals surface area contributed by atoms with Crippen LogP contribution in [0.25, 0.3) is 44.1 Å². The summed E-state index contributed by atoms with van der Waals surface area (Å²) in [6.45, 7) is 1.58. The largest absolute Gasteiger partial charge is 0.476 e. The summed E-state index contributed by atoms with van der Waals surface area (Å²) in [7, 11) is 7.68. The first-order valence-corrected chi connectivity index (χ1v) is 30.4. The van der Waals surface area contributed by atoms with E-state index in [1.165, 1.54) is 32.9 Å². The highest BCUT2D eigenvalue weighted by Crippen LogP contribution is 2.27. The van der Waals surface area contributed by atoms with Crippen molar-refractivity contribution in [2.75, 3.05) is 28.4 Å². The van der Waals surface area contributed by atoms with Gasteiger partial charge in [-0.05, 0) is 93.4 Å². The fraction of sp³-hybridized carbons (Fsp3) is 0.164. The van der Waals surface area contributed by atoms with Gasteiger partial charge in [0.1, 0.15) is 25.8 Å². The molecule has 476 valence electrons. The van der Waals surface area contributed by atoms with E-state index in [0.29, 0.717) is 104 Å². The molecule has 12 rings (SSSR count). The van der Waals surface area contributed by atoms with Crippen LogP contribution >= 0.6 is 115 Å². The summed E-state index contributed by atoms with van der Waals surface area (Å²) in [6, 6.07) is 21.0. The zero-order valence-corrected chi connectivity index (χ0v) is 56.1. The van der Waals surface area contributed by atoms with Crippen LogP contribution in [0.3, 0.4) is 0 Å². The second kappa shape index (κ2) is 29.4. The van der Waals surface area contributed by atoms with E-state index in [1.54, 1.807) is 88.0 Å². The number of benzene rings is 4. The number of H-pyrrole nitrogens is 4. The van der Waals surface area contributed by atoms with Crippen LogP contribution in [0.5, 0.6) is 0 Å². The van der Waals surface area contributed by atoms with Crippen LogP contribution in [0.2, 0.25) is 40.2 Å². The van der Waals surface area contributed by atoms with E-state index in [9.17, 15) is 28.8 Å². The lowest BCUT2D eigenvalue weighted by atomic mass is 10.2. The molecule has 9 N–H and O–H groups in total. The number of rotatable bonds is 14. The van der Waals surface area contributed by atoms with Gasteiger partial charge in [-0.2, -0.15) is 20.4 Å². The van der Waals surface area contributed by atoms with Crippen molar-refractivity contribution in [2.45, 2.75) is 26.2 Å². The van der Waals surface area contributed by atoms with Crippen LogP contribution in [0.1, 0.15) is 43.2 Å². The zero-order chi connectivity index (χ0) is 66.4. The molecule has 0 saturated heterocycles. The Kier molecular flexibility index (Phi) is 21.7. The Bertz CT molecular complexity index is 5080. The number of ether oxygens (including phenoxy) is 1. The van der Waals surface area contributed by atoms with E-state index in [4.69, 9.17) is 97.9 Å². The van der Waals surface area contributed by atoms with Crippen molar-refractivity contribution in [1.82, 2.24) is 79.0 Å². The summed E-state index contributed by atoms with van der Waals surface area (Å²) in [5.74, 6) is -0.829. The first kappa shape index (κ1) is 67.9. The van der Waals surface area contributed by atoms with Gasteiger partial charge in [0.15, 0.2) is 33.5 Å². The summed E-state index contributed by atoms with van der Waals surface area (Å²) < 4.78 is 10.8. The average Bonchev–Trinajstić information content (AvgIpc) is 1.65. The van der Waals surface area contributed by atoms with Crippen LogP contribution in [0.4, 0.5) is 23.8 Å². The van der Waals surface area contributed by atoms with E-state index < -0.39 is 23.1 Å². The molecule has 0 bridgehead atoms. The average molecular weight is 1520 g/mol. The molecule has 0 atom stereocenters. The molecule has 0 amide bonds. The number of halogens is 9. The molecule has 0 aliphatic heterocycles. The van der Waals surface area contributed by atoms with Gasteiger partial charge in [-0.25, -0.2) is 29.5 Å². The van der Waals surface area contributed by atoms with E-state index in [1.807, 2.05) is 12.1 Å². The fourth-order valence-corrected chi connectivity index (χ4v) is 10.6. The molecular weight excluding hydrogens is 1480 g/mol. The SMILES string of the molecule is COC(=O)c1nn(C)c2c(=O)[nH]c(NCc3ccc(Cl)c(Cl)c3)nc12.Cn1nc(C(=O)O)c2nc(NCc3ccc(Cl)c(Cl)c3)[nH]c(=O)c21.Cn1nc(I)c2nc(NCc3ccc(Cl)c(Cl)c3)[nH]c(=O)c21.Cn1ncc2nc(NCc3ccc(Cl)c(Cl)c3)[nH]c(=O)c21. The number of nitrogens with zero attached hydrogens (tertiary/aromatic N) is 12. The second-order valence-electron chi connectivity index (χ2n) is 19.3. The molecular formula is C55H45Cl8IN20O8. The molecule has 12 aromatic rings. The number of carboxylic acid groups (broad SMARTS) is 1. The van der Waals surface area contributed by atoms with Gasteiger partial charge in [-0.1, -0.05) is 117 Å². The minimum absolute atomic E-state index is 0.0189. The van der Waals surface area contributed by atoms with E-state index in [2.05, 4.69) is 109 Å². The first-order valence-electron chi connectivity index (χ1n) is 26.3. The summed E-state index contributed by atoms with van der Waals surface area (Å²) in [5, 5.41) is 40.9. The Hall–Kier alpha value is -8.53. The molecule has 0 spiro atoms. The van der Waals surface area contributed by atoms with Gasteiger partial charge >= 0.3 is 11.9 Å². The molecule has 4 aromatic carbocycles. The number of anilines is 4. The number of carbonyl (C=O) groups is 2. The number of hydrogen-bond donors (Lipinski definition) is 9. The maximum Gasteiger partial charge on any atom is 0.360 e. The lowest BCUT2D eigenvalue weighted by molar-refractivity contribution is 0.0594. The molecule has 8 aromatic heterocycles. The Balaban J connectivity index is 0.000000145. The molecule has 0 radical (unpaired) electrons. The third-order valence-electron chi connectivity index (χ3n) is 13.0. The number of aryl methyl sites for hydroxylation is 4. The molecule has 0 aliphatic rings. The van der Waals surface area contributed by atoms with Crippen molar-refractivity contribution < 1.29 is 19.4 Å². The second-order valence-corrected chi connectivity index (χ2v) is 23.6. The van der Waals surface area contributed by atoms with Crippen LogP contribution in [-0.4, -0.2) is 103 Å². The molecule has 37 heteroatoms. The Morgan fingerprint density at radius 2 is 0.793 bits per heavy atom. The highest BCUT2D eigenvalue weighted by molar-refractivity contribution is 14.1. The van der Waals surface area contributed by atoms with E-state index in [-0.39, 0.29) is 56.5 Å². The van der Waals surface area contributed by atoms with Gasteiger partial charge in [0, 0.05) is 54.4 Å². The third-order valence-corrected chi connectivity index (χ3v) is 16.7. The number of nitrogens with one attached hydrogen (secondary N) is 8. The standard InChI is InChI=1S/C15H13Cl2N5O3.C14H11Cl2N5O3.C13H10Cl2IN5O.C13H11Cl2N5O/c1-22-12-10(11(21-22)14(24)25-2)19-15(20-13(12)23)18-6-7-3-4-8(16)9(17)5-7;1-21-11-9(10(20-21)13(23)24)18-14(19-12(11)22)17-5-6-2-3-7(15)8(16)4-6;1-21-10-9(11(16)20-21)18-13(19-12(10)22)17-5-6-2-3-7(14)8(15)4-6;1-20-11-10(6-17-20)18-13(19-12(11)21)16-5-7-2-3-8(14)9(15)4-7/h3-5H,6H2,1-2H3,(H2,18,19,20,23);2-4H,5H2,1H3,(H,23,24)(H2,17,18,19,22);2-4H,5H2,1H3,(H2,17,18,19,22);2-4,6H,5H2,1H3,(H2,16,18,19,21). The smallest absolute Gasteiger partial charge is 0.360 e. The normalized spacial score (nSPS) is 11.0. The van der Waals surface area contributed by atoms with Crippen molar-refractivity contribution >= 4 is 195 Å². The number of aromatic nitrogens is 16. The number of methoxy groups -OCH3 is 1. The van der Waals surface area contributed by atoms with E-state index in [0.717, 1.165) is 22.3 Å². The summed E-state index contributed by atoms with van der Waals surface area (Å²) in [6.07, 6.45) is 1.55. The maximum atomic E-state index is 12.3. The number of aromatic amines is 4. The summed E-state index contributed by atoms with van der Waals surface area (Å²) in [4.78, 5) is 99.2. The monoisotopic (exact) mass is 1520 g/mol. The number of fused-ring (bicyclic) bond motifs is 4. The van der Waals surface area contributed by atoms with Crippen molar-refractivity contribution in [2.24, 2.45) is 28.2 Å². The lowest BCUT2D eigenvalue weighted by Gasteiger charge is -2.07. The van der Waals surface area contributed by atoms with Crippen LogP contribution in [0, 0.1) is 3.70 Å². The minimum Gasteiger partial charge on any atom is -0.476 e. The number of aromatic carboxylic acids is 1. The lowest BCUT2D eigenvalue weighted by Crippen LogP contribution is -2.15. The maximum absolute atomic E-state index is 12.3. The highest BCUT2D eigenvalue weighted by atomic mass is 127. The molecule has 92 heavy (non-hydrogen) atoms. The van der Waals surface area contributed by atoms with Gasteiger partial charge in [0.05, 0.1) is 53.5 Å². The van der Waals surface area contributed by atoms with Crippen LogP contribution in [0.15, 0.2) is 98.2 Å². The molecule has 0 fully saturated rings. The van der Waals surface area contributed by atoms with Crippen LogP contribution in [-0.2, 0) is 59.1 Å². The van der Waals surface area contributed by atoms with E-state index >= 15 is 0 Å². The van der Waals surface area contributed by atoms with Crippen molar-refractivity contribution in [3.63, 3.8) is 0 Å². The predicted molar refractivity (Wildman–Crippen MR) is 363 cm³/mol. The Labute approximate surface area is 570 Å². The molecule has 0 unspecified atom stereocenters. The van der Waals surface area contributed by atoms with Crippen molar-refractivity contribution in [3.8, 4) is 0 Å². The minimum atomic E-state index is -1.26. The zero-order valence-electron chi connectivity index (χ0n) is 47.9. The highest BCUT2D eigenvalue weighted by Gasteiger charge is 2.23. The summed E-state index contributed by atoms with van der Waals surface area (Å²) in [5.41, 5.74) is 4.28. The molecule has 0 saturated carbocycles. The van der Waals surface area contributed by atoms with Gasteiger partial charge in [0.2, 0.25) is 23.8 Å².